The number of rotatable bonds is 5. The van der Waals surface area contributed by atoms with Crippen LogP contribution in [0.25, 0.3) is 89.1 Å². The largest absolute Gasteiger partial charge is 0.255 e. The second kappa shape index (κ2) is 12.2. The number of hydrogen-bond acceptors (Lipinski definition) is 4. The molecule has 4 heterocycles. The highest BCUT2D eigenvalue weighted by atomic mass is 14.8. The second-order valence-corrected chi connectivity index (χ2v) is 14.3. The van der Waals surface area contributed by atoms with E-state index < -0.39 is 0 Å². The summed E-state index contributed by atoms with van der Waals surface area (Å²) in [6.45, 7) is 4.68. The molecule has 0 saturated heterocycles. The van der Waals surface area contributed by atoms with Crippen LogP contribution in [0.15, 0.2) is 170 Å². The Morgan fingerprint density at radius 1 is 0.472 bits per heavy atom. The van der Waals surface area contributed by atoms with Gasteiger partial charge < -0.3 is 0 Å². The fraction of sp³-hybridized carbons (Fsp3) is 0.0612. The predicted octanol–water partition coefficient (Wildman–Crippen LogP) is 12.2. The topological polar surface area (TPSA) is 51.6 Å². The molecular weight excluding hydrogens is 645 g/mol. The molecule has 1 aliphatic carbocycles. The summed E-state index contributed by atoms with van der Waals surface area (Å²) in [6, 6.07) is 55.5. The molecule has 10 rings (SSSR count). The van der Waals surface area contributed by atoms with Gasteiger partial charge in [-0.25, -0.2) is 9.97 Å². The van der Waals surface area contributed by atoms with E-state index in [1.54, 1.807) is 0 Å². The van der Waals surface area contributed by atoms with Crippen molar-refractivity contribution in [1.29, 1.82) is 0 Å². The third-order valence-electron chi connectivity index (χ3n) is 10.7. The van der Waals surface area contributed by atoms with Crippen LogP contribution in [0.4, 0.5) is 0 Å². The van der Waals surface area contributed by atoms with Gasteiger partial charge in [0.05, 0.1) is 34.0 Å². The number of benzene rings is 5. The van der Waals surface area contributed by atoms with E-state index >= 15 is 0 Å². The molecule has 0 N–H and O–H groups in total. The Kier molecular flexibility index (Phi) is 7.12. The molecule has 4 heteroatoms. The lowest BCUT2D eigenvalue weighted by Gasteiger charge is -2.26. The lowest BCUT2D eigenvalue weighted by Crippen LogP contribution is -2.16. The van der Waals surface area contributed by atoms with E-state index in [1.807, 2.05) is 48.8 Å². The van der Waals surface area contributed by atoms with Gasteiger partial charge in [-0.2, -0.15) is 0 Å². The third kappa shape index (κ3) is 5.14. The number of pyridine rings is 4. The van der Waals surface area contributed by atoms with Gasteiger partial charge >= 0.3 is 0 Å². The molecule has 0 fully saturated rings. The van der Waals surface area contributed by atoms with Crippen LogP contribution in [0.1, 0.15) is 25.0 Å². The van der Waals surface area contributed by atoms with E-state index in [0.29, 0.717) is 0 Å². The van der Waals surface area contributed by atoms with Crippen LogP contribution in [0.5, 0.6) is 0 Å². The van der Waals surface area contributed by atoms with Crippen LogP contribution >= 0.6 is 0 Å². The maximum atomic E-state index is 5.40. The fourth-order valence-electron chi connectivity index (χ4n) is 8.17. The van der Waals surface area contributed by atoms with Crippen molar-refractivity contribution < 1.29 is 0 Å². The molecule has 0 spiro atoms. The number of aromatic nitrogens is 4. The number of nitrogens with zero attached hydrogens (tertiary/aromatic N) is 4. The highest BCUT2D eigenvalue weighted by Gasteiger charge is 2.39. The average Bonchev–Trinajstić information content (AvgIpc) is 3.46. The summed E-state index contributed by atoms with van der Waals surface area (Å²) in [5, 5.41) is 3.60. The lowest BCUT2D eigenvalue weighted by atomic mass is 9.77. The van der Waals surface area contributed by atoms with Crippen molar-refractivity contribution in [2.45, 2.75) is 19.3 Å². The van der Waals surface area contributed by atoms with Gasteiger partial charge in [0, 0.05) is 34.3 Å². The highest BCUT2D eigenvalue weighted by Crippen LogP contribution is 2.54. The SMILES string of the molecule is CC1(C)c2ccccc2-c2nc3ccc4ccccc4c3c(-c3cccc(-c4cc(-c5ccccn5)nc(-c5ccc(-c6ccccc6)cn5)c4)c3)c21. The highest BCUT2D eigenvalue weighted by molar-refractivity contribution is 6.16. The first-order chi connectivity index (χ1) is 26.0. The maximum absolute atomic E-state index is 5.40. The molecular formula is C49H34N4. The Hall–Kier alpha value is -6.78. The molecule has 9 aromatic rings. The Bertz CT molecular complexity index is 2840. The zero-order chi connectivity index (χ0) is 35.5. The van der Waals surface area contributed by atoms with Gasteiger partial charge in [-0.3, -0.25) is 9.97 Å². The normalized spacial score (nSPS) is 12.9. The summed E-state index contributed by atoms with van der Waals surface area (Å²) >= 11 is 0. The van der Waals surface area contributed by atoms with Crippen molar-refractivity contribution in [2.24, 2.45) is 0 Å². The average molecular weight is 679 g/mol. The van der Waals surface area contributed by atoms with Crippen molar-refractivity contribution >= 4 is 21.7 Å². The summed E-state index contributed by atoms with van der Waals surface area (Å²) in [6.07, 6.45) is 3.75. The molecule has 0 atom stereocenters. The molecule has 0 aliphatic heterocycles. The van der Waals surface area contributed by atoms with Gasteiger partial charge in [0.1, 0.15) is 0 Å². The van der Waals surface area contributed by atoms with Crippen LogP contribution in [0, 0.1) is 0 Å². The molecule has 0 saturated carbocycles. The zero-order valence-corrected chi connectivity index (χ0v) is 29.5. The lowest BCUT2D eigenvalue weighted by molar-refractivity contribution is 0.662. The Labute approximate surface area is 308 Å². The Morgan fingerprint density at radius 3 is 2.02 bits per heavy atom. The van der Waals surface area contributed by atoms with Crippen LogP contribution in [-0.2, 0) is 5.41 Å². The first-order valence-corrected chi connectivity index (χ1v) is 18.0. The van der Waals surface area contributed by atoms with E-state index in [9.17, 15) is 0 Å². The van der Waals surface area contributed by atoms with E-state index in [0.717, 1.165) is 61.8 Å². The molecule has 1 aliphatic rings. The molecule has 0 amide bonds. The number of fused-ring (bicyclic) bond motifs is 6. The smallest absolute Gasteiger partial charge is 0.0900 e. The minimum absolute atomic E-state index is 0.247. The molecule has 0 radical (unpaired) electrons. The van der Waals surface area contributed by atoms with Crippen molar-refractivity contribution in [1.82, 2.24) is 19.9 Å². The van der Waals surface area contributed by atoms with E-state index in [4.69, 9.17) is 15.0 Å². The molecule has 0 bridgehead atoms. The Balaban J connectivity index is 1.19. The zero-order valence-electron chi connectivity index (χ0n) is 29.5. The van der Waals surface area contributed by atoms with Gasteiger partial charge in [-0.1, -0.05) is 129 Å². The molecule has 53 heavy (non-hydrogen) atoms. The van der Waals surface area contributed by atoms with Crippen molar-refractivity contribution in [3.8, 4) is 67.4 Å². The van der Waals surface area contributed by atoms with Gasteiger partial charge in [0.25, 0.3) is 0 Å². The minimum atomic E-state index is -0.247. The molecule has 5 aromatic carbocycles. The van der Waals surface area contributed by atoms with E-state index in [-0.39, 0.29) is 5.41 Å². The van der Waals surface area contributed by atoms with Crippen molar-refractivity contribution in [3.05, 3.63) is 181 Å². The van der Waals surface area contributed by atoms with Gasteiger partial charge in [-0.05, 0) is 92.2 Å². The molecule has 4 aromatic heterocycles. The summed E-state index contributed by atoms with van der Waals surface area (Å²) < 4.78 is 0. The summed E-state index contributed by atoms with van der Waals surface area (Å²) in [4.78, 5) is 20.1. The van der Waals surface area contributed by atoms with Crippen LogP contribution in [-0.4, -0.2) is 19.9 Å². The standard InChI is InChI=1S/C49H34N4/c1-49(2)39-20-9-8-19-38(39)48-47(49)45(46-37-18-7-6-15-32(37)22-25-42(46)53-48)34-17-12-16-33(27-34)36-28-43(40-21-10-11-26-50-40)52-44(29-36)41-24-23-35(30-51-41)31-13-4-3-5-14-31/h3-30H,1-2H3. The van der Waals surface area contributed by atoms with Crippen molar-refractivity contribution in [2.75, 3.05) is 0 Å². The first kappa shape index (κ1) is 31.0. The predicted molar refractivity (Wildman–Crippen MR) is 217 cm³/mol. The molecule has 0 unspecified atom stereocenters. The molecule has 250 valence electrons. The maximum Gasteiger partial charge on any atom is 0.0900 e. The summed E-state index contributed by atoms with van der Waals surface area (Å²) in [5.41, 5.74) is 15.6. The summed E-state index contributed by atoms with van der Waals surface area (Å²) in [5.74, 6) is 0. The minimum Gasteiger partial charge on any atom is -0.255 e. The van der Waals surface area contributed by atoms with Crippen LogP contribution < -0.4 is 0 Å². The van der Waals surface area contributed by atoms with Gasteiger partial charge in [-0.15, -0.1) is 0 Å². The van der Waals surface area contributed by atoms with E-state index in [1.165, 1.54) is 38.4 Å². The molecule has 4 nitrogen and oxygen atoms in total. The summed E-state index contributed by atoms with van der Waals surface area (Å²) in [7, 11) is 0. The Morgan fingerprint density at radius 2 is 1.21 bits per heavy atom. The monoisotopic (exact) mass is 678 g/mol. The number of hydrogen-bond donors (Lipinski definition) is 0. The van der Waals surface area contributed by atoms with Crippen molar-refractivity contribution in [3.63, 3.8) is 0 Å². The second-order valence-electron chi connectivity index (χ2n) is 14.3. The van der Waals surface area contributed by atoms with Gasteiger partial charge in [0.15, 0.2) is 0 Å². The first-order valence-electron chi connectivity index (χ1n) is 18.0. The van der Waals surface area contributed by atoms with Gasteiger partial charge in [0.2, 0.25) is 0 Å². The van der Waals surface area contributed by atoms with Crippen LogP contribution in [0.3, 0.4) is 0 Å². The van der Waals surface area contributed by atoms with E-state index in [2.05, 4.69) is 140 Å². The van der Waals surface area contributed by atoms with Crippen LogP contribution in [0.2, 0.25) is 0 Å². The fourth-order valence-corrected chi connectivity index (χ4v) is 8.17. The third-order valence-corrected chi connectivity index (χ3v) is 10.7. The quantitative estimate of drug-likeness (QED) is 0.170.